The highest BCUT2D eigenvalue weighted by molar-refractivity contribution is 7.92. The fraction of sp³-hybridized carbons (Fsp3) is 0.515. The first-order valence-electron chi connectivity index (χ1n) is 15.0. The summed E-state index contributed by atoms with van der Waals surface area (Å²) in [7, 11) is -4.03. The molecule has 0 radical (unpaired) electrons. The second kappa shape index (κ2) is 9.53. The molecule has 0 saturated heterocycles. The van der Waals surface area contributed by atoms with E-state index >= 15 is 0 Å². The largest absolute Gasteiger partial charge is 0.394 e. The third-order valence-corrected chi connectivity index (χ3v) is 11.9. The third kappa shape index (κ3) is 4.91. The summed E-state index contributed by atoms with van der Waals surface area (Å²) in [5.74, 6) is -0.151. The van der Waals surface area contributed by atoms with Crippen LogP contribution in [0.25, 0.3) is 11.3 Å². The number of hydrogen-bond acceptors (Lipinski definition) is 4. The molecule has 1 N–H and O–H groups in total. The first kappa shape index (κ1) is 27.9. The zero-order chi connectivity index (χ0) is 29.5. The molecule has 2 heterocycles. The van der Waals surface area contributed by atoms with Gasteiger partial charge in [-0.15, -0.1) is 0 Å². The van der Waals surface area contributed by atoms with Crippen LogP contribution in [0.4, 0.5) is 19.1 Å². The highest BCUT2D eigenvalue weighted by Gasteiger charge is 2.64. The van der Waals surface area contributed by atoms with Crippen molar-refractivity contribution in [2.45, 2.75) is 88.6 Å². The Morgan fingerprint density at radius 2 is 1.64 bits per heavy atom. The number of rotatable bonds is 4. The lowest BCUT2D eigenvalue weighted by atomic mass is 9.59. The van der Waals surface area contributed by atoms with Gasteiger partial charge in [0.25, 0.3) is 10.0 Å². The van der Waals surface area contributed by atoms with Gasteiger partial charge in [0.2, 0.25) is 5.95 Å². The molecule has 42 heavy (non-hydrogen) atoms. The summed E-state index contributed by atoms with van der Waals surface area (Å²) >= 11 is 0. The van der Waals surface area contributed by atoms with Crippen LogP contribution < -0.4 is 4.72 Å². The lowest BCUT2D eigenvalue weighted by Crippen LogP contribution is -2.37. The van der Waals surface area contributed by atoms with E-state index in [-0.39, 0.29) is 47.9 Å². The fourth-order valence-corrected chi connectivity index (χ4v) is 8.90. The van der Waals surface area contributed by atoms with Crippen molar-refractivity contribution in [1.29, 1.82) is 0 Å². The van der Waals surface area contributed by atoms with Crippen LogP contribution in [0.5, 0.6) is 0 Å². The number of aryl methyl sites for hydroxylation is 3. The Hall–Kier alpha value is -2.94. The normalized spacial score (nSPS) is 25.5. The fourth-order valence-electron chi connectivity index (χ4n) is 7.90. The van der Waals surface area contributed by atoms with E-state index in [9.17, 15) is 21.6 Å². The summed E-state index contributed by atoms with van der Waals surface area (Å²) in [4.78, 5) is 9.30. The number of halogens is 3. The van der Waals surface area contributed by atoms with Crippen LogP contribution in [0.15, 0.2) is 53.4 Å². The number of nitrogens with zero attached hydrogens (tertiary/aromatic N) is 2. The lowest BCUT2D eigenvalue weighted by Gasteiger charge is -2.46. The standard InChI is InChI=1S/C33H36F3N3O2S/c1-20-5-3-6-21(2)28(20)27-16-25-10-9-23(19-32(13-14-32)33(34,35)36)29(24-17-31(18-24)11-12-31)22-7-4-8-26(15-22)42(40,41)39-30(37-25)38-27/h3-8,15-16,23-24,29H,9-14,17-19H2,1-2H3,(H,37,38,39)/t23-,29?/m0/s1. The van der Waals surface area contributed by atoms with Crippen molar-refractivity contribution < 1.29 is 21.6 Å². The number of aromatic nitrogens is 2. The van der Waals surface area contributed by atoms with Crippen LogP contribution in [0, 0.1) is 36.5 Å². The molecule has 3 saturated carbocycles. The number of anilines is 1. The SMILES string of the molecule is Cc1cccc(C)c1-c1cc2nc(n1)NS(=O)(=O)c1cccc(c1)C(C1CC3(CC3)C1)[C@H](CC1(C(F)(F)F)CC1)CC2. The zero-order valence-electron chi connectivity index (χ0n) is 24.0. The summed E-state index contributed by atoms with van der Waals surface area (Å²) in [5.41, 5.74) is 3.71. The Labute approximate surface area is 245 Å². The van der Waals surface area contributed by atoms with Crippen LogP contribution in [0.1, 0.15) is 79.7 Å². The highest BCUT2D eigenvalue weighted by atomic mass is 32.2. The molecule has 9 heteroatoms. The van der Waals surface area contributed by atoms with E-state index in [4.69, 9.17) is 0 Å². The van der Waals surface area contributed by atoms with E-state index in [1.165, 1.54) is 12.8 Å². The molecule has 1 spiro atoms. The molecule has 222 valence electrons. The van der Waals surface area contributed by atoms with Gasteiger partial charge in [0.15, 0.2) is 0 Å². The van der Waals surface area contributed by atoms with Gasteiger partial charge in [0.05, 0.1) is 16.0 Å². The van der Waals surface area contributed by atoms with E-state index in [0.717, 1.165) is 35.1 Å². The first-order valence-corrected chi connectivity index (χ1v) is 16.5. The molecule has 7 rings (SSSR count). The number of fused-ring (bicyclic) bond motifs is 4. The summed E-state index contributed by atoms with van der Waals surface area (Å²) in [6.45, 7) is 3.96. The van der Waals surface area contributed by atoms with Gasteiger partial charge >= 0.3 is 6.18 Å². The molecule has 4 aliphatic rings. The van der Waals surface area contributed by atoms with E-state index < -0.39 is 21.6 Å². The molecule has 2 atom stereocenters. The Kier molecular flexibility index (Phi) is 6.32. The zero-order valence-corrected chi connectivity index (χ0v) is 24.8. The highest BCUT2D eigenvalue weighted by Crippen LogP contribution is 2.69. The van der Waals surface area contributed by atoms with E-state index in [2.05, 4.69) is 14.7 Å². The van der Waals surface area contributed by atoms with Crippen LogP contribution >= 0.6 is 0 Å². The molecule has 2 aromatic carbocycles. The van der Waals surface area contributed by atoms with Crippen molar-refractivity contribution >= 4 is 16.0 Å². The average molecular weight is 596 g/mol. The van der Waals surface area contributed by atoms with Gasteiger partial charge in [-0.05, 0) is 130 Å². The second-order valence-electron chi connectivity index (χ2n) is 13.5. The lowest BCUT2D eigenvalue weighted by molar-refractivity contribution is -0.193. The minimum Gasteiger partial charge on any atom is -0.247 e. The van der Waals surface area contributed by atoms with Crippen molar-refractivity contribution in [2.24, 2.45) is 22.7 Å². The van der Waals surface area contributed by atoms with Gasteiger partial charge in [0, 0.05) is 11.3 Å². The predicted molar refractivity (Wildman–Crippen MR) is 155 cm³/mol. The maximum Gasteiger partial charge on any atom is 0.394 e. The molecule has 1 aliphatic heterocycles. The first-order chi connectivity index (χ1) is 19.9. The smallest absolute Gasteiger partial charge is 0.247 e. The molecular formula is C33H36F3N3O2S. The number of hydrogen-bond donors (Lipinski definition) is 1. The molecule has 5 nitrogen and oxygen atoms in total. The van der Waals surface area contributed by atoms with Gasteiger partial charge < -0.3 is 0 Å². The van der Waals surface area contributed by atoms with Crippen molar-refractivity contribution in [2.75, 3.05) is 4.72 Å². The Balaban J connectivity index is 1.35. The van der Waals surface area contributed by atoms with Crippen LogP contribution in [-0.2, 0) is 16.4 Å². The van der Waals surface area contributed by atoms with Crippen LogP contribution in [-0.4, -0.2) is 24.6 Å². The minimum atomic E-state index is -4.24. The molecule has 0 amide bonds. The molecule has 1 aromatic heterocycles. The minimum absolute atomic E-state index is 0.0205. The maximum atomic E-state index is 14.4. The Morgan fingerprint density at radius 3 is 2.29 bits per heavy atom. The molecule has 3 aromatic rings. The van der Waals surface area contributed by atoms with Gasteiger partial charge in [-0.2, -0.15) is 13.2 Å². The van der Waals surface area contributed by atoms with Crippen molar-refractivity contribution in [3.63, 3.8) is 0 Å². The Morgan fingerprint density at radius 1 is 0.952 bits per heavy atom. The summed E-state index contributed by atoms with van der Waals surface area (Å²) in [6.07, 6.45) is 1.56. The summed E-state index contributed by atoms with van der Waals surface area (Å²) in [6, 6.07) is 14.7. The molecular weight excluding hydrogens is 559 g/mol. The van der Waals surface area contributed by atoms with Crippen LogP contribution in [0.3, 0.4) is 0 Å². The Bertz CT molecular complexity index is 1630. The third-order valence-electron chi connectivity index (χ3n) is 10.5. The average Bonchev–Trinajstić information content (AvgIpc) is 3.82. The molecule has 3 fully saturated rings. The number of sulfonamides is 1. The number of benzene rings is 2. The topological polar surface area (TPSA) is 72.0 Å². The maximum absolute atomic E-state index is 14.4. The quantitative estimate of drug-likeness (QED) is 0.331. The van der Waals surface area contributed by atoms with Gasteiger partial charge in [-0.1, -0.05) is 30.3 Å². The monoisotopic (exact) mass is 595 g/mol. The van der Waals surface area contributed by atoms with Gasteiger partial charge in [-0.25, -0.2) is 23.1 Å². The number of nitrogens with one attached hydrogen (secondary N) is 1. The molecule has 3 aliphatic carbocycles. The number of alkyl halides is 3. The second-order valence-corrected chi connectivity index (χ2v) is 15.2. The van der Waals surface area contributed by atoms with Gasteiger partial charge in [0.1, 0.15) is 0 Å². The van der Waals surface area contributed by atoms with Crippen molar-refractivity contribution in [1.82, 2.24) is 9.97 Å². The summed E-state index contributed by atoms with van der Waals surface area (Å²) < 4.78 is 73.0. The van der Waals surface area contributed by atoms with Gasteiger partial charge in [-0.3, -0.25) is 0 Å². The predicted octanol–water partition coefficient (Wildman–Crippen LogP) is 8.13. The van der Waals surface area contributed by atoms with Crippen molar-refractivity contribution in [3.05, 3.63) is 70.9 Å². The van der Waals surface area contributed by atoms with Crippen LogP contribution in [0.2, 0.25) is 0 Å². The van der Waals surface area contributed by atoms with E-state index in [1.807, 2.05) is 44.2 Å². The van der Waals surface area contributed by atoms with Crippen molar-refractivity contribution in [3.8, 4) is 11.3 Å². The van der Waals surface area contributed by atoms with E-state index in [0.29, 0.717) is 29.6 Å². The summed E-state index contributed by atoms with van der Waals surface area (Å²) in [5, 5.41) is 0. The molecule has 4 bridgehead atoms. The molecule has 1 unspecified atom stereocenters. The van der Waals surface area contributed by atoms with E-state index in [1.54, 1.807) is 18.2 Å².